The second kappa shape index (κ2) is 8.51. The summed E-state index contributed by atoms with van der Waals surface area (Å²) in [4.78, 5) is 11.6. The number of halogens is 2. The van der Waals surface area contributed by atoms with Gasteiger partial charge in [-0.3, -0.25) is 4.79 Å². The van der Waals surface area contributed by atoms with E-state index in [0.717, 1.165) is 28.4 Å². The fourth-order valence-corrected chi connectivity index (χ4v) is 2.09. The van der Waals surface area contributed by atoms with Crippen LogP contribution in [0.25, 0.3) is 0 Å². The van der Waals surface area contributed by atoms with Crippen molar-refractivity contribution in [2.45, 2.75) is 39.3 Å². The van der Waals surface area contributed by atoms with Gasteiger partial charge in [0, 0.05) is 11.0 Å². The minimum atomic E-state index is -0.393. The molecular formula is C13H20BrClN2O. The molecule has 1 rings (SSSR count). The highest BCUT2D eigenvalue weighted by Crippen LogP contribution is 2.15. The number of benzene rings is 1. The fraction of sp³-hybridized carbons (Fsp3) is 0.462. The number of aryl methyl sites for hydroxylation is 1. The fourth-order valence-electron chi connectivity index (χ4n) is 1.61. The van der Waals surface area contributed by atoms with Gasteiger partial charge in [-0.1, -0.05) is 35.3 Å². The first-order chi connectivity index (χ1) is 8.04. The molecule has 18 heavy (non-hydrogen) atoms. The van der Waals surface area contributed by atoms with Gasteiger partial charge in [-0.25, -0.2) is 0 Å². The summed E-state index contributed by atoms with van der Waals surface area (Å²) in [6.45, 7) is 4.58. The molecule has 0 radical (unpaired) electrons. The first kappa shape index (κ1) is 17.4. The summed E-state index contributed by atoms with van der Waals surface area (Å²) in [5.74, 6) is -0.0748. The Bertz CT molecular complexity index is 399. The number of carbonyl (C=O) groups excluding carboxylic acids is 1. The molecule has 0 aliphatic heterocycles. The lowest BCUT2D eigenvalue weighted by molar-refractivity contribution is -0.122. The number of nitrogens with one attached hydrogen (secondary N) is 1. The molecule has 0 saturated carbocycles. The maximum Gasteiger partial charge on any atom is 0.237 e. The van der Waals surface area contributed by atoms with Gasteiger partial charge < -0.3 is 11.1 Å². The predicted molar refractivity (Wildman–Crippen MR) is 80.9 cm³/mol. The summed E-state index contributed by atoms with van der Waals surface area (Å²) in [5, 5.41) is 2.86. The van der Waals surface area contributed by atoms with Crippen molar-refractivity contribution in [3.05, 3.63) is 33.8 Å². The molecule has 0 aliphatic rings. The van der Waals surface area contributed by atoms with Crippen molar-refractivity contribution in [3.63, 3.8) is 0 Å². The third-order valence-corrected chi connectivity index (χ3v) is 3.19. The maximum absolute atomic E-state index is 11.6. The summed E-state index contributed by atoms with van der Waals surface area (Å²) in [6.07, 6.45) is 1.65. The zero-order valence-corrected chi connectivity index (χ0v) is 13.1. The van der Waals surface area contributed by atoms with E-state index >= 15 is 0 Å². The van der Waals surface area contributed by atoms with Crippen molar-refractivity contribution in [2.24, 2.45) is 5.73 Å². The Morgan fingerprint density at radius 2 is 2.17 bits per heavy atom. The lowest BCUT2D eigenvalue weighted by Crippen LogP contribution is -2.40. The molecule has 0 aromatic heterocycles. The van der Waals surface area contributed by atoms with Gasteiger partial charge in [-0.15, -0.1) is 12.4 Å². The van der Waals surface area contributed by atoms with Crippen molar-refractivity contribution in [1.82, 2.24) is 5.32 Å². The van der Waals surface area contributed by atoms with Gasteiger partial charge in [0.25, 0.3) is 0 Å². The van der Waals surface area contributed by atoms with E-state index in [1.807, 2.05) is 32.0 Å². The highest BCUT2D eigenvalue weighted by Gasteiger charge is 2.11. The number of hydrogen-bond acceptors (Lipinski definition) is 2. The van der Waals surface area contributed by atoms with E-state index in [4.69, 9.17) is 5.73 Å². The van der Waals surface area contributed by atoms with Crippen LogP contribution in [0.15, 0.2) is 22.7 Å². The van der Waals surface area contributed by atoms with Crippen LogP contribution < -0.4 is 11.1 Å². The van der Waals surface area contributed by atoms with Gasteiger partial charge >= 0.3 is 0 Å². The van der Waals surface area contributed by atoms with Crippen molar-refractivity contribution in [2.75, 3.05) is 0 Å². The van der Waals surface area contributed by atoms with Crippen molar-refractivity contribution < 1.29 is 4.79 Å². The molecule has 3 N–H and O–H groups in total. The number of rotatable bonds is 5. The Kier molecular flexibility index (Phi) is 8.24. The quantitative estimate of drug-likeness (QED) is 0.869. The topological polar surface area (TPSA) is 55.1 Å². The normalized spacial score (nSPS) is 11.6. The lowest BCUT2D eigenvalue weighted by Gasteiger charge is -2.12. The predicted octanol–water partition coefficient (Wildman–Crippen LogP) is 2.92. The van der Waals surface area contributed by atoms with Crippen LogP contribution in [-0.4, -0.2) is 11.9 Å². The van der Waals surface area contributed by atoms with E-state index in [9.17, 15) is 4.79 Å². The van der Waals surface area contributed by atoms with Crippen LogP contribution in [0.4, 0.5) is 0 Å². The lowest BCUT2D eigenvalue weighted by atomic mass is 10.1. The molecule has 0 aliphatic carbocycles. The Balaban J connectivity index is 0.00000289. The van der Waals surface area contributed by atoms with Crippen LogP contribution in [0.5, 0.6) is 0 Å². The highest BCUT2D eigenvalue weighted by molar-refractivity contribution is 9.10. The summed E-state index contributed by atoms with van der Waals surface area (Å²) in [7, 11) is 0. The van der Waals surface area contributed by atoms with E-state index < -0.39 is 6.04 Å². The average molecular weight is 336 g/mol. The third-order valence-electron chi connectivity index (χ3n) is 2.69. The molecule has 3 nitrogen and oxygen atoms in total. The molecule has 1 amide bonds. The number of amides is 1. The standard InChI is InChI=1S/C13H19BrN2O.ClH/c1-3-4-12(15)13(17)16-8-10-5-6-11(14)7-9(10)2;/h5-7,12H,3-4,8,15H2,1-2H3,(H,16,17);1H. The molecule has 1 aromatic carbocycles. The van der Waals surface area contributed by atoms with Crippen molar-refractivity contribution in [3.8, 4) is 0 Å². The molecule has 5 heteroatoms. The Hall–Kier alpha value is -0.580. The second-order valence-electron chi connectivity index (χ2n) is 4.18. The largest absolute Gasteiger partial charge is 0.351 e. The first-order valence-corrected chi connectivity index (χ1v) is 6.62. The van der Waals surface area contributed by atoms with E-state index in [-0.39, 0.29) is 18.3 Å². The highest BCUT2D eigenvalue weighted by atomic mass is 79.9. The maximum atomic E-state index is 11.6. The minimum absolute atomic E-state index is 0. The summed E-state index contributed by atoms with van der Waals surface area (Å²) in [6, 6.07) is 5.62. The Morgan fingerprint density at radius 1 is 1.50 bits per heavy atom. The summed E-state index contributed by atoms with van der Waals surface area (Å²) in [5.41, 5.74) is 8.01. The van der Waals surface area contributed by atoms with Crippen molar-refractivity contribution in [1.29, 1.82) is 0 Å². The van der Waals surface area contributed by atoms with Gasteiger partial charge in [0.1, 0.15) is 0 Å². The zero-order chi connectivity index (χ0) is 12.8. The first-order valence-electron chi connectivity index (χ1n) is 5.83. The van der Waals surface area contributed by atoms with Crippen molar-refractivity contribution >= 4 is 34.2 Å². The van der Waals surface area contributed by atoms with E-state index in [1.165, 1.54) is 0 Å². The molecule has 1 atom stereocenters. The third kappa shape index (κ3) is 5.38. The number of hydrogen-bond donors (Lipinski definition) is 2. The molecule has 0 fully saturated rings. The van der Waals surface area contributed by atoms with E-state index in [2.05, 4.69) is 21.2 Å². The summed E-state index contributed by atoms with van der Waals surface area (Å²) < 4.78 is 1.05. The SMILES string of the molecule is CCCC(N)C(=O)NCc1ccc(Br)cc1C.Cl. The number of carbonyl (C=O) groups is 1. The van der Waals surface area contributed by atoms with Gasteiger partial charge in [0.2, 0.25) is 5.91 Å². The number of nitrogens with two attached hydrogens (primary N) is 1. The Morgan fingerprint density at radius 3 is 2.72 bits per heavy atom. The monoisotopic (exact) mass is 334 g/mol. The minimum Gasteiger partial charge on any atom is -0.351 e. The molecule has 1 unspecified atom stereocenters. The smallest absolute Gasteiger partial charge is 0.237 e. The second-order valence-corrected chi connectivity index (χ2v) is 5.10. The molecule has 0 bridgehead atoms. The van der Waals surface area contributed by atoms with Crippen LogP contribution in [0.2, 0.25) is 0 Å². The van der Waals surface area contributed by atoms with Crippen LogP contribution >= 0.6 is 28.3 Å². The summed E-state index contributed by atoms with van der Waals surface area (Å²) >= 11 is 3.41. The molecule has 0 heterocycles. The van der Waals surface area contributed by atoms with E-state index in [0.29, 0.717) is 6.54 Å². The molecule has 0 spiro atoms. The zero-order valence-electron chi connectivity index (χ0n) is 10.7. The van der Waals surface area contributed by atoms with Gasteiger partial charge in [-0.2, -0.15) is 0 Å². The van der Waals surface area contributed by atoms with Gasteiger partial charge in [-0.05, 0) is 36.6 Å². The van der Waals surface area contributed by atoms with Gasteiger partial charge in [0.15, 0.2) is 0 Å². The van der Waals surface area contributed by atoms with Crippen LogP contribution in [-0.2, 0) is 11.3 Å². The van der Waals surface area contributed by atoms with Gasteiger partial charge in [0.05, 0.1) is 6.04 Å². The van der Waals surface area contributed by atoms with Crippen LogP contribution in [0.1, 0.15) is 30.9 Å². The Labute approximate surface area is 123 Å². The van der Waals surface area contributed by atoms with E-state index in [1.54, 1.807) is 0 Å². The molecule has 0 saturated heterocycles. The van der Waals surface area contributed by atoms with Crippen LogP contribution in [0, 0.1) is 6.92 Å². The molecule has 102 valence electrons. The van der Waals surface area contributed by atoms with Crippen LogP contribution in [0.3, 0.4) is 0 Å². The molecular weight excluding hydrogens is 316 g/mol. The molecule has 1 aromatic rings. The average Bonchev–Trinajstić information content (AvgIpc) is 2.27.